The molecule has 0 atom stereocenters. The zero-order valence-corrected chi connectivity index (χ0v) is 13.6. The van der Waals surface area contributed by atoms with Crippen LogP contribution >= 0.6 is 0 Å². The second-order valence-corrected chi connectivity index (χ2v) is 4.62. The number of nitrogen functional groups attached to an aromatic ring is 2. The number of benzene rings is 1. The maximum Gasteiger partial charge on any atom is 0.142 e. The van der Waals surface area contributed by atoms with Crippen LogP contribution in [-0.4, -0.2) is 37.8 Å². The topological polar surface area (TPSA) is 61.3 Å². The summed E-state index contributed by atoms with van der Waals surface area (Å²) in [6.45, 7) is 8.26. The third-order valence-corrected chi connectivity index (χ3v) is 3.45. The summed E-state index contributed by atoms with van der Waals surface area (Å²) in [6.07, 6.45) is 0. The van der Waals surface area contributed by atoms with Crippen molar-refractivity contribution in [2.24, 2.45) is 0 Å². The molecule has 4 nitrogen and oxygen atoms in total. The third kappa shape index (κ3) is 4.89. The molecule has 104 valence electrons. The molecule has 1 rings (SSSR count). The van der Waals surface area contributed by atoms with Crippen LogP contribution in [0.3, 0.4) is 0 Å². The molecule has 5 heteroatoms. The zero-order valence-electron chi connectivity index (χ0n) is 11.4. The van der Waals surface area contributed by atoms with Crippen LogP contribution in [0.15, 0.2) is 18.2 Å². The van der Waals surface area contributed by atoms with Crippen molar-refractivity contribution in [1.82, 2.24) is 0 Å². The Kier molecular flexibility index (Phi) is 7.39. The van der Waals surface area contributed by atoms with Gasteiger partial charge >= 0.3 is 0 Å². The molecule has 0 saturated carbocycles. The lowest BCUT2D eigenvalue weighted by Crippen LogP contribution is -3.00. The van der Waals surface area contributed by atoms with Crippen molar-refractivity contribution in [3.8, 4) is 5.75 Å². The fourth-order valence-corrected chi connectivity index (χ4v) is 1.61. The predicted molar refractivity (Wildman–Crippen MR) is 72.9 cm³/mol. The molecule has 18 heavy (non-hydrogen) atoms. The molecule has 1 aromatic rings. The van der Waals surface area contributed by atoms with Crippen LogP contribution in [0.2, 0.25) is 0 Å². The van der Waals surface area contributed by atoms with Crippen molar-refractivity contribution in [3.05, 3.63) is 18.2 Å². The van der Waals surface area contributed by atoms with E-state index in [1.165, 1.54) is 0 Å². The minimum atomic E-state index is 0. The standard InChI is InChI=1S/C13H24N3O.HI/c1-4-16(3,5-2)8-9-17-13-7-6-11(14)10-12(13)15;/h6-7,10H,4-5,8-9,14-15H2,1-3H3;1H/q+1;/p-1. The highest BCUT2D eigenvalue weighted by Crippen LogP contribution is 2.23. The van der Waals surface area contributed by atoms with E-state index in [0.717, 1.165) is 29.9 Å². The fourth-order valence-electron chi connectivity index (χ4n) is 1.61. The highest BCUT2D eigenvalue weighted by atomic mass is 127. The van der Waals surface area contributed by atoms with Gasteiger partial charge in [0, 0.05) is 5.69 Å². The number of nitrogens with two attached hydrogens (primary N) is 2. The van der Waals surface area contributed by atoms with Gasteiger partial charge in [0.15, 0.2) is 0 Å². The Labute approximate surface area is 127 Å². The van der Waals surface area contributed by atoms with Gasteiger partial charge < -0.3 is 44.7 Å². The van der Waals surface area contributed by atoms with Crippen LogP contribution in [0.5, 0.6) is 5.75 Å². The van der Waals surface area contributed by atoms with Gasteiger partial charge in [-0.15, -0.1) is 0 Å². The molecule has 0 amide bonds. The van der Waals surface area contributed by atoms with E-state index >= 15 is 0 Å². The lowest BCUT2D eigenvalue weighted by Gasteiger charge is -2.31. The molecular formula is C13H24IN3O. The molecule has 0 saturated heterocycles. The molecule has 0 aliphatic carbocycles. The van der Waals surface area contributed by atoms with Crippen LogP contribution < -0.4 is 40.2 Å². The van der Waals surface area contributed by atoms with Gasteiger partial charge in [0.2, 0.25) is 0 Å². The van der Waals surface area contributed by atoms with Gasteiger partial charge in [-0.2, -0.15) is 0 Å². The Morgan fingerprint density at radius 3 is 2.28 bits per heavy atom. The monoisotopic (exact) mass is 365 g/mol. The van der Waals surface area contributed by atoms with Crippen molar-refractivity contribution in [2.75, 3.05) is 44.8 Å². The number of hydrogen-bond acceptors (Lipinski definition) is 3. The summed E-state index contributed by atoms with van der Waals surface area (Å²) in [6, 6.07) is 5.36. The molecular weight excluding hydrogens is 341 g/mol. The number of hydrogen-bond donors (Lipinski definition) is 2. The van der Waals surface area contributed by atoms with Gasteiger partial charge in [0.1, 0.15) is 18.9 Å². The molecule has 0 spiro atoms. The number of rotatable bonds is 6. The number of halogens is 1. The molecule has 0 fully saturated rings. The van der Waals surface area contributed by atoms with Gasteiger partial charge in [-0.1, -0.05) is 0 Å². The van der Waals surface area contributed by atoms with E-state index in [1.807, 2.05) is 6.07 Å². The minimum absolute atomic E-state index is 0. The number of likely N-dealkylation sites (N-methyl/N-ethyl adjacent to an activating group) is 1. The van der Waals surface area contributed by atoms with Gasteiger partial charge in [-0.25, -0.2) is 0 Å². The lowest BCUT2D eigenvalue weighted by molar-refractivity contribution is -0.906. The summed E-state index contributed by atoms with van der Waals surface area (Å²) >= 11 is 0. The van der Waals surface area contributed by atoms with E-state index in [9.17, 15) is 0 Å². The maximum atomic E-state index is 5.83. The van der Waals surface area contributed by atoms with E-state index in [-0.39, 0.29) is 24.0 Å². The van der Waals surface area contributed by atoms with Crippen LogP contribution in [0, 0.1) is 0 Å². The first-order valence-electron chi connectivity index (χ1n) is 6.12. The first-order chi connectivity index (χ1) is 8.00. The highest BCUT2D eigenvalue weighted by molar-refractivity contribution is 5.60. The van der Waals surface area contributed by atoms with E-state index in [4.69, 9.17) is 16.2 Å². The average Bonchev–Trinajstić information content (AvgIpc) is 2.32. The SMILES string of the molecule is CC[N+](C)(CC)CCOc1ccc(N)cc1N.[I-]. The molecule has 1 aromatic carbocycles. The number of nitrogens with zero attached hydrogens (tertiary/aromatic N) is 1. The fraction of sp³-hybridized carbons (Fsp3) is 0.538. The molecule has 4 N–H and O–H groups in total. The number of anilines is 2. The Balaban J connectivity index is 0.00000289. The largest absolute Gasteiger partial charge is 1.00 e. The summed E-state index contributed by atoms with van der Waals surface area (Å²) in [5.74, 6) is 0.720. The first-order valence-corrected chi connectivity index (χ1v) is 6.12. The van der Waals surface area contributed by atoms with Gasteiger partial charge in [0.25, 0.3) is 0 Å². The van der Waals surface area contributed by atoms with E-state index < -0.39 is 0 Å². The van der Waals surface area contributed by atoms with E-state index in [1.54, 1.807) is 12.1 Å². The Morgan fingerprint density at radius 2 is 1.78 bits per heavy atom. The molecule has 0 aliphatic heterocycles. The second kappa shape index (κ2) is 7.68. The molecule has 0 aliphatic rings. The van der Waals surface area contributed by atoms with Crippen LogP contribution in [-0.2, 0) is 0 Å². The van der Waals surface area contributed by atoms with Crippen LogP contribution in [0.1, 0.15) is 13.8 Å². The van der Waals surface area contributed by atoms with Crippen molar-refractivity contribution < 1.29 is 33.2 Å². The first kappa shape index (κ1) is 17.3. The van der Waals surface area contributed by atoms with E-state index in [0.29, 0.717) is 18.0 Å². The van der Waals surface area contributed by atoms with Gasteiger partial charge in [0.05, 0.1) is 25.8 Å². The summed E-state index contributed by atoms with van der Waals surface area (Å²) < 4.78 is 6.70. The van der Waals surface area contributed by atoms with Gasteiger partial charge in [-0.3, -0.25) is 0 Å². The normalized spacial score (nSPS) is 10.8. The summed E-state index contributed by atoms with van der Waals surface area (Å²) in [5.41, 5.74) is 12.7. The van der Waals surface area contributed by atoms with E-state index in [2.05, 4.69) is 20.9 Å². The summed E-state index contributed by atoms with van der Waals surface area (Å²) in [4.78, 5) is 0. The zero-order chi connectivity index (χ0) is 12.9. The second-order valence-electron chi connectivity index (χ2n) is 4.62. The Bertz CT molecular complexity index is 367. The molecule has 0 aromatic heterocycles. The molecule has 0 bridgehead atoms. The molecule has 0 heterocycles. The predicted octanol–water partition coefficient (Wildman–Crippen LogP) is -1.28. The van der Waals surface area contributed by atoms with Crippen LogP contribution in [0.4, 0.5) is 11.4 Å². The number of quaternary nitrogens is 1. The highest BCUT2D eigenvalue weighted by Gasteiger charge is 2.16. The molecule has 0 radical (unpaired) electrons. The average molecular weight is 365 g/mol. The van der Waals surface area contributed by atoms with Gasteiger partial charge in [-0.05, 0) is 32.0 Å². The quantitative estimate of drug-likeness (QED) is 0.375. The summed E-state index contributed by atoms with van der Waals surface area (Å²) in [7, 11) is 2.23. The molecule has 0 unspecified atom stereocenters. The third-order valence-electron chi connectivity index (χ3n) is 3.45. The van der Waals surface area contributed by atoms with Crippen LogP contribution in [0.25, 0.3) is 0 Å². The Morgan fingerprint density at radius 1 is 1.17 bits per heavy atom. The Hall–Kier alpha value is -0.690. The smallest absolute Gasteiger partial charge is 0.142 e. The van der Waals surface area contributed by atoms with Crippen molar-refractivity contribution >= 4 is 11.4 Å². The minimum Gasteiger partial charge on any atom is -1.00 e. The van der Waals surface area contributed by atoms with Crippen molar-refractivity contribution in [3.63, 3.8) is 0 Å². The van der Waals surface area contributed by atoms with Crippen molar-refractivity contribution in [2.45, 2.75) is 13.8 Å². The lowest BCUT2D eigenvalue weighted by atomic mass is 10.2. The maximum absolute atomic E-state index is 5.83. The number of ether oxygens (including phenoxy) is 1. The van der Waals surface area contributed by atoms with Crippen molar-refractivity contribution in [1.29, 1.82) is 0 Å². The summed E-state index contributed by atoms with van der Waals surface area (Å²) in [5, 5.41) is 0.